The predicted molar refractivity (Wildman–Crippen MR) is 98.4 cm³/mol. The first kappa shape index (κ1) is 15.8. The summed E-state index contributed by atoms with van der Waals surface area (Å²) in [4.78, 5) is 13.5. The zero-order valence-corrected chi connectivity index (χ0v) is 15.1. The third-order valence-electron chi connectivity index (χ3n) is 5.05. The second-order valence-electron chi connectivity index (χ2n) is 6.46. The quantitative estimate of drug-likeness (QED) is 0.875. The molecule has 0 spiro atoms. The van der Waals surface area contributed by atoms with Gasteiger partial charge in [-0.15, -0.1) is 0 Å². The highest BCUT2D eigenvalue weighted by molar-refractivity contribution is 9.10. The summed E-state index contributed by atoms with van der Waals surface area (Å²) in [6.07, 6.45) is 4.80. The first-order valence-corrected chi connectivity index (χ1v) is 9.26. The Balaban J connectivity index is 1.58. The van der Waals surface area contributed by atoms with Crippen molar-refractivity contribution in [3.05, 3.63) is 46.2 Å². The smallest absolute Gasteiger partial charge is 0.134 e. The van der Waals surface area contributed by atoms with Gasteiger partial charge in [0, 0.05) is 30.2 Å². The van der Waals surface area contributed by atoms with Crippen LogP contribution in [0.1, 0.15) is 24.0 Å². The van der Waals surface area contributed by atoms with Gasteiger partial charge in [0.25, 0.3) is 0 Å². The van der Waals surface area contributed by atoms with Crippen molar-refractivity contribution in [2.24, 2.45) is 0 Å². The third-order valence-corrected chi connectivity index (χ3v) is 5.80. The van der Waals surface area contributed by atoms with Gasteiger partial charge < -0.3 is 14.9 Å². The van der Waals surface area contributed by atoms with Crippen LogP contribution in [-0.2, 0) is 13.0 Å². The number of hydrogen-bond donors (Lipinski definition) is 1. The van der Waals surface area contributed by atoms with Crippen molar-refractivity contribution in [3.63, 3.8) is 0 Å². The molecular formula is C18H21BrN4O. The zero-order valence-electron chi connectivity index (χ0n) is 13.5. The lowest BCUT2D eigenvalue weighted by atomic mass is 10.00. The molecule has 0 bridgehead atoms. The molecule has 0 aliphatic carbocycles. The standard InChI is InChI=1S/C18H21BrN4O/c19-16-5-1-3-13-10-22(8-6-15(13)16)17-9-18(21-12-20-17)23-7-2-4-14(23)11-24/h1,3,5,9,12,14,24H,2,4,6-8,10-11H2. The number of rotatable bonds is 3. The van der Waals surface area contributed by atoms with Gasteiger partial charge in [0.2, 0.25) is 0 Å². The Morgan fingerprint density at radius 3 is 2.96 bits per heavy atom. The lowest BCUT2D eigenvalue weighted by Gasteiger charge is -2.31. The minimum absolute atomic E-state index is 0.185. The van der Waals surface area contributed by atoms with E-state index in [1.165, 1.54) is 15.6 Å². The summed E-state index contributed by atoms with van der Waals surface area (Å²) in [6, 6.07) is 8.65. The molecule has 2 aliphatic heterocycles. The number of aliphatic hydroxyl groups excluding tert-OH is 1. The second-order valence-corrected chi connectivity index (χ2v) is 7.31. The summed E-state index contributed by atoms with van der Waals surface area (Å²) < 4.78 is 1.20. The van der Waals surface area contributed by atoms with Crippen molar-refractivity contribution in [2.75, 3.05) is 29.5 Å². The maximum Gasteiger partial charge on any atom is 0.134 e. The number of nitrogens with zero attached hydrogens (tertiary/aromatic N) is 4. The highest BCUT2D eigenvalue weighted by Crippen LogP contribution is 2.30. The highest BCUT2D eigenvalue weighted by Gasteiger charge is 2.26. The molecule has 1 fully saturated rings. The van der Waals surface area contributed by atoms with Crippen molar-refractivity contribution < 1.29 is 5.11 Å². The van der Waals surface area contributed by atoms with Crippen molar-refractivity contribution in [3.8, 4) is 0 Å². The van der Waals surface area contributed by atoms with E-state index in [0.29, 0.717) is 0 Å². The number of aliphatic hydroxyl groups is 1. The molecule has 24 heavy (non-hydrogen) atoms. The van der Waals surface area contributed by atoms with Crippen LogP contribution in [0.4, 0.5) is 11.6 Å². The van der Waals surface area contributed by atoms with Crippen molar-refractivity contribution in [2.45, 2.75) is 31.8 Å². The van der Waals surface area contributed by atoms with Crippen LogP contribution in [0.15, 0.2) is 35.1 Å². The zero-order chi connectivity index (χ0) is 16.5. The van der Waals surface area contributed by atoms with Crippen LogP contribution in [-0.4, -0.2) is 40.8 Å². The molecule has 3 heterocycles. The fourth-order valence-corrected chi connectivity index (χ4v) is 4.36. The summed E-state index contributed by atoms with van der Waals surface area (Å²) in [6.45, 7) is 2.96. The van der Waals surface area contributed by atoms with Gasteiger partial charge in [-0.2, -0.15) is 0 Å². The van der Waals surface area contributed by atoms with E-state index in [2.05, 4.69) is 60.0 Å². The first-order valence-electron chi connectivity index (χ1n) is 8.47. The van der Waals surface area contributed by atoms with E-state index in [9.17, 15) is 5.11 Å². The summed E-state index contributed by atoms with van der Waals surface area (Å²) in [5, 5.41) is 9.55. The normalized spacial score (nSPS) is 20.3. The Labute approximate surface area is 150 Å². The molecule has 6 heteroatoms. The number of hydrogen-bond acceptors (Lipinski definition) is 5. The van der Waals surface area contributed by atoms with Gasteiger partial charge in [0.15, 0.2) is 0 Å². The van der Waals surface area contributed by atoms with E-state index >= 15 is 0 Å². The molecule has 1 unspecified atom stereocenters. The summed E-state index contributed by atoms with van der Waals surface area (Å²) >= 11 is 3.65. The number of halogens is 1. The Morgan fingerprint density at radius 2 is 2.08 bits per heavy atom. The molecule has 0 saturated carbocycles. The van der Waals surface area contributed by atoms with Gasteiger partial charge in [-0.3, -0.25) is 0 Å². The summed E-state index contributed by atoms with van der Waals surface area (Å²) in [5.41, 5.74) is 2.76. The van der Waals surface area contributed by atoms with Crippen LogP contribution in [0.5, 0.6) is 0 Å². The fraction of sp³-hybridized carbons (Fsp3) is 0.444. The molecule has 1 atom stereocenters. The van der Waals surface area contributed by atoms with Crippen LogP contribution in [0.2, 0.25) is 0 Å². The maximum absolute atomic E-state index is 9.55. The van der Waals surface area contributed by atoms with Gasteiger partial charge in [-0.1, -0.05) is 28.1 Å². The third kappa shape index (κ3) is 2.89. The molecular weight excluding hydrogens is 368 g/mol. The molecule has 0 amide bonds. The lowest BCUT2D eigenvalue weighted by molar-refractivity contribution is 0.266. The highest BCUT2D eigenvalue weighted by atomic mass is 79.9. The molecule has 1 aromatic heterocycles. The van der Waals surface area contributed by atoms with Crippen molar-refractivity contribution >= 4 is 27.6 Å². The van der Waals surface area contributed by atoms with Crippen molar-refractivity contribution in [1.29, 1.82) is 0 Å². The Kier molecular flexibility index (Phi) is 4.41. The van der Waals surface area contributed by atoms with E-state index in [1.54, 1.807) is 6.33 Å². The minimum atomic E-state index is 0.185. The Hall–Kier alpha value is -1.66. The van der Waals surface area contributed by atoms with Crippen LogP contribution in [0.25, 0.3) is 0 Å². The molecule has 5 nitrogen and oxygen atoms in total. The lowest BCUT2D eigenvalue weighted by Crippen LogP contribution is -2.34. The average Bonchev–Trinajstić information content (AvgIpc) is 3.10. The first-order chi connectivity index (χ1) is 11.8. The minimum Gasteiger partial charge on any atom is -0.394 e. The van der Waals surface area contributed by atoms with Crippen molar-refractivity contribution in [1.82, 2.24) is 9.97 Å². The van der Waals surface area contributed by atoms with Gasteiger partial charge in [-0.25, -0.2) is 9.97 Å². The van der Waals surface area contributed by atoms with Gasteiger partial charge in [-0.05, 0) is 36.5 Å². The molecule has 0 radical (unpaired) electrons. The van der Waals surface area contributed by atoms with E-state index in [1.807, 2.05) is 0 Å². The van der Waals surface area contributed by atoms with Crippen LogP contribution in [0, 0.1) is 0 Å². The Bertz CT molecular complexity index is 739. The molecule has 2 aliphatic rings. The van der Waals surface area contributed by atoms with E-state index < -0.39 is 0 Å². The molecule has 4 rings (SSSR count). The molecule has 1 aromatic carbocycles. The summed E-state index contributed by atoms with van der Waals surface area (Å²) in [7, 11) is 0. The number of anilines is 2. The average molecular weight is 389 g/mol. The fourth-order valence-electron chi connectivity index (χ4n) is 3.75. The summed E-state index contributed by atoms with van der Waals surface area (Å²) in [5.74, 6) is 1.89. The monoisotopic (exact) mass is 388 g/mol. The van der Waals surface area contributed by atoms with Crippen LogP contribution >= 0.6 is 15.9 Å². The predicted octanol–water partition coefficient (Wildman–Crippen LogP) is 2.76. The number of fused-ring (bicyclic) bond motifs is 1. The molecule has 1 N–H and O–H groups in total. The molecule has 2 aromatic rings. The molecule has 126 valence electrons. The Morgan fingerprint density at radius 1 is 1.21 bits per heavy atom. The van der Waals surface area contributed by atoms with E-state index in [4.69, 9.17) is 0 Å². The van der Waals surface area contributed by atoms with E-state index in [0.717, 1.165) is 50.5 Å². The van der Waals surface area contributed by atoms with E-state index in [-0.39, 0.29) is 12.6 Å². The van der Waals surface area contributed by atoms with Gasteiger partial charge in [0.05, 0.1) is 12.6 Å². The number of aromatic nitrogens is 2. The maximum atomic E-state index is 9.55. The topological polar surface area (TPSA) is 52.5 Å². The number of benzene rings is 1. The van der Waals surface area contributed by atoms with Gasteiger partial charge >= 0.3 is 0 Å². The second kappa shape index (κ2) is 6.69. The van der Waals surface area contributed by atoms with Crippen LogP contribution in [0.3, 0.4) is 0 Å². The van der Waals surface area contributed by atoms with Gasteiger partial charge in [0.1, 0.15) is 18.0 Å². The van der Waals surface area contributed by atoms with Crippen LogP contribution < -0.4 is 9.80 Å². The SMILES string of the molecule is OCC1CCCN1c1cc(N2CCc3c(Br)cccc3C2)ncn1. The molecule has 1 saturated heterocycles. The largest absolute Gasteiger partial charge is 0.394 e.